The second-order valence-electron chi connectivity index (χ2n) is 6.04. The molecule has 1 fully saturated rings. The molecule has 0 spiro atoms. The van der Waals surface area contributed by atoms with Crippen molar-refractivity contribution < 1.29 is 14.3 Å². The van der Waals surface area contributed by atoms with E-state index in [9.17, 15) is 4.79 Å². The largest absolute Gasteiger partial charge is 0.497 e. The molecule has 5 heteroatoms. The van der Waals surface area contributed by atoms with Gasteiger partial charge >= 0.3 is 0 Å². The van der Waals surface area contributed by atoms with Crippen LogP contribution in [0.4, 0.5) is 5.69 Å². The molecule has 1 aromatic carbocycles. The number of hydrogen-bond acceptors (Lipinski definition) is 4. The van der Waals surface area contributed by atoms with Gasteiger partial charge in [-0.2, -0.15) is 0 Å². The molecule has 0 aromatic heterocycles. The smallest absolute Gasteiger partial charge is 0.238 e. The summed E-state index contributed by atoms with van der Waals surface area (Å²) in [6.07, 6.45) is 8.80. The lowest BCUT2D eigenvalue weighted by Crippen LogP contribution is -2.36. The van der Waals surface area contributed by atoms with E-state index < -0.39 is 0 Å². The second kappa shape index (κ2) is 9.40. The van der Waals surface area contributed by atoms with Gasteiger partial charge in [0, 0.05) is 12.1 Å². The Morgan fingerprint density at radius 3 is 2.43 bits per heavy atom. The van der Waals surface area contributed by atoms with E-state index >= 15 is 0 Å². The SMILES string of the molecule is COc1ccc(OC)c(NC(=O)CNC2CCCCCCC2)c1. The van der Waals surface area contributed by atoms with E-state index in [1.165, 1.54) is 32.1 Å². The lowest BCUT2D eigenvalue weighted by molar-refractivity contribution is -0.115. The number of amides is 1. The van der Waals surface area contributed by atoms with Crippen LogP contribution in [0.1, 0.15) is 44.9 Å². The van der Waals surface area contributed by atoms with E-state index in [0.29, 0.717) is 29.8 Å². The highest BCUT2D eigenvalue weighted by atomic mass is 16.5. The molecule has 0 radical (unpaired) electrons. The van der Waals surface area contributed by atoms with Gasteiger partial charge in [-0.3, -0.25) is 4.79 Å². The van der Waals surface area contributed by atoms with Crippen LogP contribution in [0.2, 0.25) is 0 Å². The fourth-order valence-corrected chi connectivity index (χ4v) is 3.00. The zero-order chi connectivity index (χ0) is 16.5. The van der Waals surface area contributed by atoms with Gasteiger partial charge in [-0.05, 0) is 25.0 Å². The molecular weight excluding hydrogens is 292 g/mol. The maximum Gasteiger partial charge on any atom is 0.238 e. The first-order valence-corrected chi connectivity index (χ1v) is 8.48. The summed E-state index contributed by atoms with van der Waals surface area (Å²) >= 11 is 0. The summed E-state index contributed by atoms with van der Waals surface area (Å²) in [5.74, 6) is 1.26. The number of benzene rings is 1. The molecule has 0 atom stereocenters. The molecular formula is C18H28N2O3. The van der Waals surface area contributed by atoms with Gasteiger partial charge in [-0.25, -0.2) is 0 Å². The molecule has 0 heterocycles. The Hall–Kier alpha value is -1.75. The molecule has 5 nitrogen and oxygen atoms in total. The third-order valence-corrected chi connectivity index (χ3v) is 4.34. The van der Waals surface area contributed by atoms with Crippen LogP contribution in [0, 0.1) is 0 Å². The van der Waals surface area contributed by atoms with Crippen molar-refractivity contribution in [2.75, 3.05) is 26.1 Å². The van der Waals surface area contributed by atoms with Crippen molar-refractivity contribution in [2.45, 2.75) is 51.0 Å². The minimum absolute atomic E-state index is 0.0568. The maximum absolute atomic E-state index is 12.2. The van der Waals surface area contributed by atoms with Gasteiger partial charge in [0.05, 0.1) is 26.5 Å². The van der Waals surface area contributed by atoms with Crippen LogP contribution >= 0.6 is 0 Å². The normalized spacial score (nSPS) is 16.3. The van der Waals surface area contributed by atoms with Crippen LogP contribution < -0.4 is 20.1 Å². The molecule has 128 valence electrons. The molecule has 0 unspecified atom stereocenters. The topological polar surface area (TPSA) is 59.6 Å². The standard InChI is InChI=1S/C18H28N2O3/c1-22-15-10-11-17(23-2)16(12-15)20-18(21)13-19-14-8-6-4-3-5-7-9-14/h10-12,14,19H,3-9,13H2,1-2H3,(H,20,21). The first-order chi connectivity index (χ1) is 11.2. The van der Waals surface area contributed by atoms with Gasteiger partial charge < -0.3 is 20.1 Å². The number of carbonyl (C=O) groups is 1. The first-order valence-electron chi connectivity index (χ1n) is 8.48. The number of rotatable bonds is 6. The summed E-state index contributed by atoms with van der Waals surface area (Å²) in [5.41, 5.74) is 0.635. The molecule has 0 saturated heterocycles. The van der Waals surface area contributed by atoms with Crippen LogP contribution in [-0.2, 0) is 4.79 Å². The fourth-order valence-electron chi connectivity index (χ4n) is 3.00. The molecule has 1 aliphatic rings. The molecule has 1 saturated carbocycles. The lowest BCUT2D eigenvalue weighted by atomic mass is 9.97. The number of hydrogen-bond donors (Lipinski definition) is 2. The van der Waals surface area contributed by atoms with Crippen molar-refractivity contribution in [1.29, 1.82) is 0 Å². The molecule has 23 heavy (non-hydrogen) atoms. The van der Waals surface area contributed by atoms with Gasteiger partial charge in [0.25, 0.3) is 0 Å². The van der Waals surface area contributed by atoms with E-state index in [-0.39, 0.29) is 5.91 Å². The molecule has 1 aromatic rings. The van der Waals surface area contributed by atoms with E-state index in [1.807, 2.05) is 0 Å². The third kappa shape index (κ3) is 5.75. The van der Waals surface area contributed by atoms with Crippen molar-refractivity contribution in [2.24, 2.45) is 0 Å². The minimum Gasteiger partial charge on any atom is -0.497 e. The van der Waals surface area contributed by atoms with Crippen molar-refractivity contribution >= 4 is 11.6 Å². The third-order valence-electron chi connectivity index (χ3n) is 4.34. The molecule has 1 aliphatic carbocycles. The van der Waals surface area contributed by atoms with Gasteiger partial charge in [-0.15, -0.1) is 0 Å². The Balaban J connectivity index is 1.86. The van der Waals surface area contributed by atoms with Crippen molar-refractivity contribution in [3.8, 4) is 11.5 Å². The van der Waals surface area contributed by atoms with Crippen molar-refractivity contribution in [3.05, 3.63) is 18.2 Å². The van der Waals surface area contributed by atoms with Crippen LogP contribution in [0.25, 0.3) is 0 Å². The Labute approximate surface area is 138 Å². The Kier molecular flexibility index (Phi) is 7.20. The molecule has 1 amide bonds. The quantitative estimate of drug-likeness (QED) is 0.844. The average molecular weight is 320 g/mol. The lowest BCUT2D eigenvalue weighted by Gasteiger charge is -2.21. The highest BCUT2D eigenvalue weighted by Gasteiger charge is 2.13. The maximum atomic E-state index is 12.2. The summed E-state index contributed by atoms with van der Waals surface area (Å²) < 4.78 is 10.5. The Morgan fingerprint density at radius 2 is 1.78 bits per heavy atom. The second-order valence-corrected chi connectivity index (χ2v) is 6.04. The van der Waals surface area contributed by atoms with E-state index in [2.05, 4.69) is 10.6 Å². The Morgan fingerprint density at radius 1 is 1.09 bits per heavy atom. The summed E-state index contributed by atoms with van der Waals surface area (Å²) in [4.78, 5) is 12.2. The van der Waals surface area contributed by atoms with Crippen LogP contribution in [0.3, 0.4) is 0 Å². The van der Waals surface area contributed by atoms with Crippen molar-refractivity contribution in [1.82, 2.24) is 5.32 Å². The summed E-state index contributed by atoms with van der Waals surface area (Å²) in [7, 11) is 3.19. The fraction of sp³-hybridized carbons (Fsp3) is 0.611. The molecule has 2 N–H and O–H groups in total. The van der Waals surface area contributed by atoms with Crippen LogP contribution in [0.15, 0.2) is 18.2 Å². The van der Waals surface area contributed by atoms with E-state index in [1.54, 1.807) is 32.4 Å². The van der Waals surface area contributed by atoms with Crippen LogP contribution in [-0.4, -0.2) is 32.7 Å². The number of nitrogens with one attached hydrogen (secondary N) is 2. The monoisotopic (exact) mass is 320 g/mol. The van der Waals surface area contributed by atoms with Gasteiger partial charge in [0.1, 0.15) is 11.5 Å². The van der Waals surface area contributed by atoms with Gasteiger partial charge in [0.15, 0.2) is 0 Å². The van der Waals surface area contributed by atoms with E-state index in [4.69, 9.17) is 9.47 Å². The zero-order valence-electron chi connectivity index (χ0n) is 14.2. The van der Waals surface area contributed by atoms with Crippen LogP contribution in [0.5, 0.6) is 11.5 Å². The summed E-state index contributed by atoms with van der Waals surface area (Å²) in [5, 5.41) is 6.29. The van der Waals surface area contributed by atoms with Gasteiger partial charge in [-0.1, -0.05) is 32.1 Å². The number of ether oxygens (including phenoxy) is 2. The zero-order valence-corrected chi connectivity index (χ0v) is 14.2. The average Bonchev–Trinajstić information content (AvgIpc) is 2.53. The molecule has 2 rings (SSSR count). The first kappa shape index (κ1) is 17.6. The van der Waals surface area contributed by atoms with E-state index in [0.717, 1.165) is 12.8 Å². The highest BCUT2D eigenvalue weighted by molar-refractivity contribution is 5.94. The number of methoxy groups -OCH3 is 2. The predicted octanol–water partition coefficient (Wildman–Crippen LogP) is 3.34. The minimum atomic E-state index is -0.0568. The summed E-state index contributed by atoms with van der Waals surface area (Å²) in [6.45, 7) is 0.324. The number of carbonyl (C=O) groups excluding carboxylic acids is 1. The molecule has 0 aliphatic heterocycles. The predicted molar refractivity (Wildman–Crippen MR) is 92.3 cm³/mol. The number of anilines is 1. The summed E-state index contributed by atoms with van der Waals surface area (Å²) in [6, 6.07) is 5.82. The molecule has 0 bridgehead atoms. The van der Waals surface area contributed by atoms with Gasteiger partial charge in [0.2, 0.25) is 5.91 Å². The highest BCUT2D eigenvalue weighted by Crippen LogP contribution is 2.28. The Bertz CT molecular complexity index is 497. The van der Waals surface area contributed by atoms with Crippen molar-refractivity contribution in [3.63, 3.8) is 0 Å².